The van der Waals surface area contributed by atoms with Crippen molar-refractivity contribution in [3.63, 3.8) is 0 Å². The van der Waals surface area contributed by atoms with Gasteiger partial charge in [-0.2, -0.15) is 0 Å². The first-order chi connectivity index (χ1) is 15.4. The van der Waals surface area contributed by atoms with Gasteiger partial charge < -0.3 is 14.8 Å². The maximum atomic E-state index is 13.0. The van der Waals surface area contributed by atoms with Gasteiger partial charge in [-0.1, -0.05) is 17.7 Å². The number of halogens is 1. The minimum absolute atomic E-state index is 0.152. The zero-order chi connectivity index (χ0) is 22.8. The molecule has 7 heteroatoms. The molecule has 1 aromatic heterocycles. The summed E-state index contributed by atoms with van der Waals surface area (Å²) in [5.74, 6) is -0.236. The van der Waals surface area contributed by atoms with Crippen molar-refractivity contribution in [2.24, 2.45) is 5.92 Å². The minimum Gasteiger partial charge on any atom is -0.489 e. The predicted molar refractivity (Wildman–Crippen MR) is 126 cm³/mol. The molecule has 2 aromatic rings. The van der Waals surface area contributed by atoms with Crippen LogP contribution in [0.3, 0.4) is 0 Å². The molecule has 0 saturated heterocycles. The van der Waals surface area contributed by atoms with E-state index in [2.05, 4.69) is 17.5 Å². The number of hydrogen-bond donors (Lipinski definition) is 1. The van der Waals surface area contributed by atoms with E-state index in [1.807, 2.05) is 26.0 Å². The Morgan fingerprint density at radius 1 is 1.22 bits per heavy atom. The molecule has 2 atom stereocenters. The number of carbonyl (C=O) groups excluding carboxylic acids is 2. The fraction of sp³-hybridized carbons (Fsp3) is 0.360. The minimum atomic E-state index is -0.394. The van der Waals surface area contributed by atoms with Gasteiger partial charge in [0.2, 0.25) is 0 Å². The Labute approximate surface area is 197 Å². The Bertz CT molecular complexity index is 1100. The lowest BCUT2D eigenvalue weighted by Gasteiger charge is -2.37. The van der Waals surface area contributed by atoms with Crippen molar-refractivity contribution in [2.45, 2.75) is 46.1 Å². The van der Waals surface area contributed by atoms with Crippen molar-refractivity contribution < 1.29 is 19.1 Å². The summed E-state index contributed by atoms with van der Waals surface area (Å²) in [6.45, 7) is 6.38. The number of allylic oxidation sites excluding steroid dienone is 3. The molecule has 1 aliphatic heterocycles. The van der Waals surface area contributed by atoms with Gasteiger partial charge in [0, 0.05) is 44.1 Å². The van der Waals surface area contributed by atoms with Crippen LogP contribution in [0.1, 0.15) is 47.9 Å². The van der Waals surface area contributed by atoms with E-state index in [-0.39, 0.29) is 24.3 Å². The third-order valence-corrected chi connectivity index (χ3v) is 7.29. The molecule has 2 aliphatic rings. The lowest BCUT2D eigenvalue weighted by atomic mass is 9.73. The summed E-state index contributed by atoms with van der Waals surface area (Å²) in [6, 6.07) is 9.32. The quantitative estimate of drug-likeness (QED) is 0.549. The number of carbonyl (C=O) groups is 2. The first-order valence-corrected chi connectivity index (χ1v) is 11.9. The van der Waals surface area contributed by atoms with Crippen LogP contribution < -0.4 is 10.1 Å². The average molecular weight is 472 g/mol. The van der Waals surface area contributed by atoms with E-state index in [0.29, 0.717) is 23.6 Å². The van der Waals surface area contributed by atoms with E-state index in [0.717, 1.165) is 38.9 Å². The number of aryl methyl sites for hydroxylation is 1. The number of hydrogen-bond acceptors (Lipinski definition) is 6. The van der Waals surface area contributed by atoms with Gasteiger partial charge in [-0.15, -0.1) is 11.3 Å². The molecule has 1 aliphatic carbocycles. The van der Waals surface area contributed by atoms with Crippen LogP contribution in [0.4, 0.5) is 0 Å². The van der Waals surface area contributed by atoms with Crippen LogP contribution in [0.25, 0.3) is 0 Å². The molecular formula is C25H26ClNO4S. The Kier molecular flexibility index (Phi) is 6.72. The zero-order valence-corrected chi connectivity index (χ0v) is 19.9. The van der Waals surface area contributed by atoms with Gasteiger partial charge in [0.05, 0.1) is 18.1 Å². The maximum Gasteiger partial charge on any atom is 0.336 e. The first-order valence-electron chi connectivity index (χ1n) is 10.7. The fourth-order valence-electron chi connectivity index (χ4n) is 4.33. The highest BCUT2D eigenvalue weighted by Crippen LogP contribution is 2.46. The number of benzene rings is 1. The number of Topliss-reactive ketones (excluding diaryl/α,β-unsaturated/α-hetero) is 1. The molecule has 0 radical (unpaired) electrons. The van der Waals surface area contributed by atoms with Gasteiger partial charge in [-0.3, -0.25) is 4.79 Å². The largest absolute Gasteiger partial charge is 0.489 e. The van der Waals surface area contributed by atoms with Gasteiger partial charge in [-0.05, 0) is 57.5 Å². The molecule has 0 fully saturated rings. The molecule has 0 spiro atoms. The molecule has 0 saturated carbocycles. The summed E-state index contributed by atoms with van der Waals surface area (Å²) < 4.78 is 11.3. The summed E-state index contributed by atoms with van der Waals surface area (Å²) in [5, 5.41) is 3.96. The number of ketones is 1. The highest BCUT2D eigenvalue weighted by molar-refractivity contribution is 7.12. The second kappa shape index (κ2) is 9.51. The third kappa shape index (κ3) is 4.48. The summed E-state index contributed by atoms with van der Waals surface area (Å²) in [5.41, 5.74) is 3.21. The average Bonchev–Trinajstić information content (AvgIpc) is 3.13. The van der Waals surface area contributed by atoms with Crippen LogP contribution in [0.2, 0.25) is 5.02 Å². The van der Waals surface area contributed by atoms with Crippen molar-refractivity contribution in [1.82, 2.24) is 5.32 Å². The fourth-order valence-corrected chi connectivity index (χ4v) is 5.64. The maximum absolute atomic E-state index is 13.0. The van der Waals surface area contributed by atoms with Crippen LogP contribution in [-0.4, -0.2) is 18.4 Å². The topological polar surface area (TPSA) is 64.6 Å². The highest BCUT2D eigenvalue weighted by atomic mass is 35.5. The SMILES string of the molecule is CCOC(=O)C1=C(C)NC2=CCCC(=O)C2C1c1cc(COc2ccc(Cl)cc2)c(C)s1. The second-order valence-electron chi connectivity index (χ2n) is 7.98. The van der Waals surface area contributed by atoms with E-state index >= 15 is 0 Å². The van der Waals surface area contributed by atoms with Crippen LogP contribution in [-0.2, 0) is 20.9 Å². The van der Waals surface area contributed by atoms with Gasteiger partial charge in [0.1, 0.15) is 18.1 Å². The molecule has 2 unspecified atom stereocenters. The standard InChI is InChI=1S/C25H26ClNO4S/c1-4-30-25(29)22-14(2)27-19-6-5-7-20(28)23(19)24(22)21-12-16(15(3)32-21)13-31-18-10-8-17(26)9-11-18/h6,8-12,23-24,27H,4-5,7,13H2,1-3H3. The number of nitrogens with one attached hydrogen (secondary N) is 1. The van der Waals surface area contributed by atoms with Crippen LogP contribution in [0, 0.1) is 12.8 Å². The van der Waals surface area contributed by atoms with Crippen LogP contribution in [0.15, 0.2) is 53.4 Å². The second-order valence-corrected chi connectivity index (χ2v) is 9.70. The highest BCUT2D eigenvalue weighted by Gasteiger charge is 2.44. The summed E-state index contributed by atoms with van der Waals surface area (Å²) in [4.78, 5) is 28.0. The van der Waals surface area contributed by atoms with Crippen molar-refractivity contribution in [3.8, 4) is 5.75 Å². The molecule has 1 N–H and O–H groups in total. The number of fused-ring (bicyclic) bond motifs is 1. The molecule has 168 valence electrons. The molecular weight excluding hydrogens is 446 g/mol. The summed E-state index contributed by atoms with van der Waals surface area (Å²) in [6.07, 6.45) is 3.28. The lowest BCUT2D eigenvalue weighted by Crippen LogP contribution is -2.40. The van der Waals surface area contributed by atoms with Gasteiger partial charge in [0.25, 0.3) is 0 Å². The molecule has 1 aromatic carbocycles. The van der Waals surface area contributed by atoms with E-state index in [9.17, 15) is 9.59 Å². The Balaban J connectivity index is 1.69. The predicted octanol–water partition coefficient (Wildman–Crippen LogP) is 5.68. The van der Waals surface area contributed by atoms with E-state index in [1.165, 1.54) is 0 Å². The van der Waals surface area contributed by atoms with Crippen LogP contribution in [0.5, 0.6) is 5.75 Å². The van der Waals surface area contributed by atoms with E-state index < -0.39 is 5.92 Å². The third-order valence-electron chi connectivity index (χ3n) is 5.87. The monoisotopic (exact) mass is 471 g/mol. The molecule has 0 amide bonds. The van der Waals surface area contributed by atoms with Crippen LogP contribution >= 0.6 is 22.9 Å². The number of esters is 1. The van der Waals surface area contributed by atoms with Gasteiger partial charge in [0.15, 0.2) is 0 Å². The smallest absolute Gasteiger partial charge is 0.336 e. The number of ether oxygens (including phenoxy) is 2. The Morgan fingerprint density at radius 3 is 2.69 bits per heavy atom. The molecule has 5 nitrogen and oxygen atoms in total. The normalized spacial score (nSPS) is 20.4. The van der Waals surface area contributed by atoms with E-state index in [1.54, 1.807) is 30.4 Å². The van der Waals surface area contributed by atoms with Crippen molar-refractivity contribution >= 4 is 34.7 Å². The van der Waals surface area contributed by atoms with Crippen molar-refractivity contribution in [2.75, 3.05) is 6.61 Å². The van der Waals surface area contributed by atoms with Gasteiger partial charge in [-0.25, -0.2) is 4.79 Å². The summed E-state index contributed by atoms with van der Waals surface area (Å²) >= 11 is 7.56. The zero-order valence-electron chi connectivity index (χ0n) is 18.4. The molecule has 0 bridgehead atoms. The number of rotatable bonds is 6. The molecule has 32 heavy (non-hydrogen) atoms. The number of thiophene rings is 1. The van der Waals surface area contributed by atoms with Crippen molar-refractivity contribution in [3.05, 3.63) is 73.7 Å². The first kappa shape index (κ1) is 22.6. The van der Waals surface area contributed by atoms with Crippen molar-refractivity contribution in [1.29, 1.82) is 0 Å². The van der Waals surface area contributed by atoms with Gasteiger partial charge >= 0.3 is 5.97 Å². The Morgan fingerprint density at radius 2 is 1.97 bits per heavy atom. The molecule has 2 heterocycles. The Hall–Kier alpha value is -2.57. The lowest BCUT2D eigenvalue weighted by molar-refractivity contribution is -0.139. The summed E-state index contributed by atoms with van der Waals surface area (Å²) in [7, 11) is 0. The molecule has 4 rings (SSSR count). The van der Waals surface area contributed by atoms with E-state index in [4.69, 9.17) is 21.1 Å².